The van der Waals surface area contributed by atoms with E-state index < -0.39 is 24.1 Å². The fourth-order valence-corrected chi connectivity index (χ4v) is 4.82. The van der Waals surface area contributed by atoms with Gasteiger partial charge in [0.05, 0.1) is 5.70 Å². The zero-order chi connectivity index (χ0) is 32.3. The fraction of sp³-hybridized carbons (Fsp3) is 0.765. The lowest BCUT2D eigenvalue weighted by atomic mass is 10.1. The minimum absolute atomic E-state index is 0.180. The number of allylic oxidation sites excluding steroid dienone is 1. The number of carbonyl (C=O) groups is 3. The Morgan fingerprint density at radius 2 is 1.25 bits per heavy atom. The van der Waals surface area contributed by atoms with Gasteiger partial charge in [-0.2, -0.15) is 0 Å². The van der Waals surface area contributed by atoms with Gasteiger partial charge in [0.1, 0.15) is 19.5 Å². The molecule has 44 heavy (non-hydrogen) atoms. The summed E-state index contributed by atoms with van der Waals surface area (Å²) in [4.78, 5) is 37.5. The Kier molecular flexibility index (Phi) is 23.4. The van der Waals surface area contributed by atoms with Crippen LogP contribution in [0.25, 0.3) is 0 Å². The van der Waals surface area contributed by atoms with E-state index in [0.717, 1.165) is 38.5 Å². The van der Waals surface area contributed by atoms with Gasteiger partial charge < -0.3 is 30.0 Å². The minimum atomic E-state index is -1.000. The lowest BCUT2D eigenvalue weighted by Crippen LogP contribution is -2.34. The predicted molar refractivity (Wildman–Crippen MR) is 173 cm³/mol. The van der Waals surface area contributed by atoms with Crippen molar-refractivity contribution in [2.45, 2.75) is 154 Å². The number of guanidine groups is 1. The molecule has 1 unspecified atom stereocenters. The van der Waals surface area contributed by atoms with Crippen LogP contribution >= 0.6 is 0 Å². The van der Waals surface area contributed by atoms with Crippen molar-refractivity contribution in [3.8, 4) is 0 Å². The second kappa shape index (κ2) is 26.4. The van der Waals surface area contributed by atoms with Crippen LogP contribution in [0.4, 0.5) is 0 Å². The van der Waals surface area contributed by atoms with E-state index in [2.05, 4.69) is 19.2 Å². The van der Waals surface area contributed by atoms with Gasteiger partial charge in [0, 0.05) is 12.8 Å². The summed E-state index contributed by atoms with van der Waals surface area (Å²) in [7, 11) is 0. The first-order chi connectivity index (χ1) is 21.3. The molecule has 0 bridgehead atoms. The van der Waals surface area contributed by atoms with Gasteiger partial charge in [0.15, 0.2) is 12.1 Å². The third kappa shape index (κ3) is 21.6. The van der Waals surface area contributed by atoms with Crippen LogP contribution in [0.5, 0.6) is 0 Å². The standard InChI is InChI=1S/C34H59N3O7/c1-3-5-7-9-11-13-15-17-19-21-31(38)42-26-29(44-32(39)22-20-18-16-14-12-10-8-6-4-2)27-43-33(40)30-24-23-28(25-41-30)37-34(35)36/h23-25,29-30H,3-22,26-27H2,1-2H3,(H4,35,36,37)/t29-,30?/m1/s1. The molecule has 0 fully saturated rings. The molecule has 0 amide bonds. The molecule has 0 saturated heterocycles. The van der Waals surface area contributed by atoms with Crippen molar-refractivity contribution < 1.29 is 33.3 Å². The predicted octanol–water partition coefficient (Wildman–Crippen LogP) is 7.11. The Morgan fingerprint density at radius 3 is 1.73 bits per heavy atom. The molecule has 0 aromatic heterocycles. The van der Waals surface area contributed by atoms with Gasteiger partial charge in [-0.15, -0.1) is 0 Å². The molecule has 1 aliphatic heterocycles. The van der Waals surface area contributed by atoms with Crippen LogP contribution in [0.1, 0.15) is 142 Å². The summed E-state index contributed by atoms with van der Waals surface area (Å²) in [6.07, 6.45) is 23.6. The molecule has 10 heteroatoms. The Bertz CT molecular complexity index is 875. The van der Waals surface area contributed by atoms with Crippen LogP contribution in [0.15, 0.2) is 24.1 Å². The largest absolute Gasteiger partial charge is 0.480 e. The maximum Gasteiger partial charge on any atom is 0.351 e. The van der Waals surface area contributed by atoms with E-state index in [9.17, 15) is 14.4 Å². The third-order valence-electron chi connectivity index (χ3n) is 7.41. The number of hydrogen-bond acceptors (Lipinski definition) is 8. The average molecular weight is 622 g/mol. The first kappa shape index (κ1) is 39.0. The van der Waals surface area contributed by atoms with Crippen molar-refractivity contribution >= 4 is 23.9 Å². The molecule has 1 rings (SSSR count). The minimum Gasteiger partial charge on any atom is -0.480 e. The summed E-state index contributed by atoms with van der Waals surface area (Å²) in [6.45, 7) is 3.98. The van der Waals surface area contributed by atoms with Gasteiger partial charge in [0.25, 0.3) is 0 Å². The molecule has 1 heterocycles. The highest BCUT2D eigenvalue weighted by atomic mass is 16.6. The normalized spacial score (nSPS) is 14.7. The molecule has 2 atom stereocenters. The van der Waals surface area contributed by atoms with Gasteiger partial charge >= 0.3 is 17.9 Å². The van der Waals surface area contributed by atoms with Gasteiger partial charge in [-0.3, -0.25) is 15.0 Å². The van der Waals surface area contributed by atoms with E-state index in [0.29, 0.717) is 12.1 Å². The van der Waals surface area contributed by atoms with Crippen LogP contribution in [0.2, 0.25) is 0 Å². The van der Waals surface area contributed by atoms with Gasteiger partial charge in [-0.25, -0.2) is 4.79 Å². The Balaban J connectivity index is 2.43. The molecular formula is C34H59N3O7. The highest BCUT2D eigenvalue weighted by Gasteiger charge is 2.24. The Hall–Kier alpha value is -3.04. The van der Waals surface area contributed by atoms with E-state index in [1.54, 1.807) is 6.08 Å². The second-order valence-corrected chi connectivity index (χ2v) is 11.6. The third-order valence-corrected chi connectivity index (χ3v) is 7.41. The maximum absolute atomic E-state index is 12.5. The Labute approximate surface area is 265 Å². The molecule has 0 saturated carbocycles. The van der Waals surface area contributed by atoms with Gasteiger partial charge in [-0.05, 0) is 25.0 Å². The summed E-state index contributed by atoms with van der Waals surface area (Å²) in [5, 5.41) is 9.83. The first-order valence-electron chi connectivity index (χ1n) is 17.0. The number of nitrogens with one attached hydrogen (secondary N) is 2. The molecule has 0 aromatic carbocycles. The Morgan fingerprint density at radius 1 is 0.773 bits per heavy atom. The highest BCUT2D eigenvalue weighted by molar-refractivity contribution is 5.79. The van der Waals surface area contributed by atoms with E-state index in [1.807, 2.05) is 0 Å². The highest BCUT2D eigenvalue weighted by Crippen LogP contribution is 2.14. The molecule has 0 spiro atoms. The average Bonchev–Trinajstić information content (AvgIpc) is 3.00. The first-order valence-corrected chi connectivity index (χ1v) is 17.0. The summed E-state index contributed by atoms with van der Waals surface area (Å²) < 4.78 is 21.7. The molecule has 4 N–H and O–H groups in total. The van der Waals surface area contributed by atoms with Gasteiger partial charge in [-0.1, -0.05) is 117 Å². The van der Waals surface area contributed by atoms with Crippen LogP contribution in [-0.4, -0.2) is 49.3 Å². The molecule has 0 aliphatic carbocycles. The maximum atomic E-state index is 12.5. The summed E-state index contributed by atoms with van der Waals surface area (Å²) >= 11 is 0. The van der Waals surface area contributed by atoms with Crippen LogP contribution in [-0.2, 0) is 33.3 Å². The molecule has 10 nitrogen and oxygen atoms in total. The quantitative estimate of drug-likeness (QED) is 0.0287. The summed E-state index contributed by atoms with van der Waals surface area (Å²) in [5.74, 6) is -1.69. The SMILES string of the molecule is CCCCCCCCCCCC(=O)OC[C@H](COC(=O)C1C=CC(NC(=N)N)=CO1)OC(=O)CCCCCCCCCCC. The van der Waals surface area contributed by atoms with Crippen molar-refractivity contribution in [2.75, 3.05) is 13.2 Å². The number of ether oxygens (including phenoxy) is 4. The molecule has 0 radical (unpaired) electrons. The van der Waals surface area contributed by atoms with Gasteiger partial charge in [0.2, 0.25) is 6.10 Å². The lowest BCUT2D eigenvalue weighted by Gasteiger charge is -2.21. The van der Waals surface area contributed by atoms with Crippen LogP contribution < -0.4 is 11.1 Å². The molecule has 252 valence electrons. The van der Waals surface area contributed by atoms with E-state index >= 15 is 0 Å². The summed E-state index contributed by atoms with van der Waals surface area (Å²) in [5.41, 5.74) is 5.72. The van der Waals surface area contributed by atoms with Crippen molar-refractivity contribution in [3.63, 3.8) is 0 Å². The number of hydrogen-bond donors (Lipinski definition) is 3. The number of rotatable bonds is 27. The second-order valence-electron chi connectivity index (χ2n) is 11.6. The van der Waals surface area contributed by atoms with E-state index in [4.69, 9.17) is 30.1 Å². The van der Waals surface area contributed by atoms with Crippen LogP contribution in [0.3, 0.4) is 0 Å². The van der Waals surface area contributed by atoms with Crippen molar-refractivity contribution in [1.82, 2.24) is 5.32 Å². The molecule has 0 aromatic rings. The lowest BCUT2D eigenvalue weighted by molar-refractivity contribution is -0.169. The van der Waals surface area contributed by atoms with Crippen molar-refractivity contribution in [3.05, 3.63) is 24.1 Å². The molecule has 1 aliphatic rings. The monoisotopic (exact) mass is 621 g/mol. The fourth-order valence-electron chi connectivity index (χ4n) is 4.82. The summed E-state index contributed by atoms with van der Waals surface area (Å²) in [6, 6.07) is 0. The number of carbonyl (C=O) groups excluding carboxylic acids is 3. The topological polar surface area (TPSA) is 150 Å². The number of esters is 3. The molecular weight excluding hydrogens is 562 g/mol. The van der Waals surface area contributed by atoms with Crippen molar-refractivity contribution in [1.29, 1.82) is 5.41 Å². The zero-order valence-electron chi connectivity index (χ0n) is 27.4. The van der Waals surface area contributed by atoms with Crippen LogP contribution in [0, 0.1) is 5.41 Å². The zero-order valence-corrected chi connectivity index (χ0v) is 27.4. The van der Waals surface area contributed by atoms with Crippen molar-refractivity contribution in [2.24, 2.45) is 5.73 Å². The number of unbranched alkanes of at least 4 members (excludes halogenated alkanes) is 16. The number of nitrogens with two attached hydrogens (primary N) is 1. The smallest absolute Gasteiger partial charge is 0.351 e. The van der Waals surface area contributed by atoms with E-state index in [1.165, 1.54) is 89.4 Å². The van der Waals surface area contributed by atoms with E-state index in [-0.39, 0.29) is 31.6 Å².